The average Bonchev–Trinajstić information content (AvgIpc) is 2.72. The molecule has 4 rings (SSSR count). The molecule has 0 spiro atoms. The zero-order chi connectivity index (χ0) is 22.9. The van der Waals surface area contributed by atoms with Gasteiger partial charge in [-0.3, -0.25) is 9.55 Å². The Bertz CT molecular complexity index is 1350. The minimum atomic E-state index is -3.05. The fourth-order valence-corrected chi connectivity index (χ4v) is 4.28. The number of hydrogen-bond acceptors (Lipinski definition) is 5. The van der Waals surface area contributed by atoms with Gasteiger partial charge in [0.15, 0.2) is 5.82 Å². The van der Waals surface area contributed by atoms with E-state index in [1.54, 1.807) is 0 Å². The number of nitrogens with zero attached hydrogens (tertiary/aromatic N) is 2. The largest absolute Gasteiger partial charge is 0.493 e. The Labute approximate surface area is 187 Å². The van der Waals surface area contributed by atoms with Gasteiger partial charge in [-0.2, -0.15) is 0 Å². The second-order valence-corrected chi connectivity index (χ2v) is 11.0. The lowest BCUT2D eigenvalue weighted by Crippen LogP contribution is -2.04. The number of ether oxygens (including phenoxy) is 1. The highest BCUT2D eigenvalue weighted by Crippen LogP contribution is 2.34. The molecule has 4 aromatic rings. The van der Waals surface area contributed by atoms with Crippen LogP contribution < -0.4 is 10.5 Å². The zero-order valence-electron chi connectivity index (χ0n) is 18.6. The third-order valence-corrected chi connectivity index (χ3v) is 6.66. The predicted octanol–water partition coefficient (Wildman–Crippen LogP) is 5.05. The molecule has 0 bridgehead atoms. The van der Waals surface area contributed by atoms with Crippen LogP contribution in [0, 0.1) is 13.8 Å². The summed E-state index contributed by atoms with van der Waals surface area (Å²) in [6, 6.07) is 14.3. The van der Waals surface area contributed by atoms with Crippen LogP contribution >= 0.6 is 7.37 Å². The van der Waals surface area contributed by atoms with Crippen molar-refractivity contribution in [2.75, 3.05) is 25.2 Å². The monoisotopic (exact) mass is 449 g/mol. The summed E-state index contributed by atoms with van der Waals surface area (Å²) in [5.74, 6) is 1.17. The number of aryl methyl sites for hydroxylation is 4. The lowest BCUT2D eigenvalue weighted by Gasteiger charge is -2.12. The summed E-state index contributed by atoms with van der Waals surface area (Å²) >= 11 is 0. The molecule has 0 aliphatic rings. The van der Waals surface area contributed by atoms with Crippen molar-refractivity contribution in [1.29, 1.82) is 0 Å². The first-order valence-electron chi connectivity index (χ1n) is 10.7. The first kappa shape index (κ1) is 22.3. The van der Waals surface area contributed by atoms with Crippen molar-refractivity contribution in [3.63, 3.8) is 0 Å². The summed E-state index contributed by atoms with van der Waals surface area (Å²) in [6.07, 6.45) is 3.75. The summed E-state index contributed by atoms with van der Waals surface area (Å²) < 4.78 is 17.0. The lowest BCUT2D eigenvalue weighted by atomic mass is 9.99. The van der Waals surface area contributed by atoms with Gasteiger partial charge < -0.3 is 15.4 Å². The summed E-state index contributed by atoms with van der Waals surface area (Å²) in [5.41, 5.74) is 12.5. The SMILES string of the molecule is Cc1ccc2c(c1)nc(N)c1ncc(CCc3ccc(OCCP(C)(=O)O)cc3C)cc12. The maximum absolute atomic E-state index is 11.4. The Morgan fingerprint density at radius 1 is 1.06 bits per heavy atom. The normalized spacial score (nSPS) is 13.4. The molecule has 32 heavy (non-hydrogen) atoms. The van der Waals surface area contributed by atoms with E-state index in [4.69, 9.17) is 10.5 Å². The highest BCUT2D eigenvalue weighted by Gasteiger charge is 2.11. The minimum absolute atomic E-state index is 0.150. The van der Waals surface area contributed by atoms with Gasteiger partial charge >= 0.3 is 0 Å². The van der Waals surface area contributed by atoms with Crippen molar-refractivity contribution in [1.82, 2.24) is 9.97 Å². The second kappa shape index (κ2) is 8.89. The zero-order valence-corrected chi connectivity index (χ0v) is 19.5. The van der Waals surface area contributed by atoms with Crippen LogP contribution in [0.5, 0.6) is 5.75 Å². The molecule has 1 atom stereocenters. The third-order valence-electron chi connectivity index (χ3n) is 5.64. The Hall–Kier alpha value is -2.95. The molecule has 0 amide bonds. The van der Waals surface area contributed by atoms with Crippen molar-refractivity contribution >= 4 is 35.0 Å². The van der Waals surface area contributed by atoms with E-state index in [0.717, 1.165) is 57.1 Å². The number of pyridine rings is 2. The van der Waals surface area contributed by atoms with E-state index < -0.39 is 7.37 Å². The van der Waals surface area contributed by atoms with Crippen LogP contribution in [-0.4, -0.2) is 34.3 Å². The van der Waals surface area contributed by atoms with E-state index in [2.05, 4.69) is 41.2 Å². The molecule has 7 heteroatoms. The van der Waals surface area contributed by atoms with Gasteiger partial charge in [0, 0.05) is 23.6 Å². The smallest absolute Gasteiger partial charge is 0.201 e. The summed E-state index contributed by atoms with van der Waals surface area (Å²) in [6.45, 7) is 5.68. The molecule has 0 aliphatic carbocycles. The molecule has 0 saturated heterocycles. The Balaban J connectivity index is 1.51. The van der Waals surface area contributed by atoms with Crippen molar-refractivity contribution in [2.24, 2.45) is 0 Å². The number of anilines is 1. The maximum Gasteiger partial charge on any atom is 0.201 e. The van der Waals surface area contributed by atoms with Crippen molar-refractivity contribution in [3.05, 3.63) is 70.9 Å². The van der Waals surface area contributed by atoms with Crippen molar-refractivity contribution < 1.29 is 14.2 Å². The van der Waals surface area contributed by atoms with Gasteiger partial charge in [-0.15, -0.1) is 0 Å². The Morgan fingerprint density at radius 3 is 2.62 bits per heavy atom. The molecular weight excluding hydrogens is 421 g/mol. The highest BCUT2D eigenvalue weighted by atomic mass is 31.2. The number of benzene rings is 2. The van der Waals surface area contributed by atoms with Crippen LogP contribution in [0.1, 0.15) is 22.3 Å². The van der Waals surface area contributed by atoms with Gasteiger partial charge in [-0.05, 0) is 73.2 Å². The molecule has 0 saturated carbocycles. The first-order chi connectivity index (χ1) is 15.2. The van der Waals surface area contributed by atoms with E-state index in [1.807, 2.05) is 31.3 Å². The highest BCUT2D eigenvalue weighted by molar-refractivity contribution is 7.57. The fraction of sp³-hybridized carbons (Fsp3) is 0.280. The van der Waals surface area contributed by atoms with Gasteiger partial charge in [0.05, 0.1) is 18.3 Å². The molecule has 2 aromatic carbocycles. The van der Waals surface area contributed by atoms with E-state index >= 15 is 0 Å². The number of aromatic nitrogens is 2. The van der Waals surface area contributed by atoms with E-state index in [-0.39, 0.29) is 12.8 Å². The first-order valence-corrected chi connectivity index (χ1v) is 12.9. The maximum atomic E-state index is 11.4. The van der Waals surface area contributed by atoms with Crippen LogP contribution in [0.4, 0.5) is 5.82 Å². The van der Waals surface area contributed by atoms with Crippen LogP contribution in [0.2, 0.25) is 0 Å². The van der Waals surface area contributed by atoms with Crippen LogP contribution in [0.3, 0.4) is 0 Å². The Kier molecular flexibility index (Phi) is 6.18. The number of nitrogens with two attached hydrogens (primary N) is 1. The van der Waals surface area contributed by atoms with Gasteiger partial charge in [0.2, 0.25) is 7.37 Å². The van der Waals surface area contributed by atoms with Gasteiger partial charge in [-0.25, -0.2) is 4.98 Å². The number of hydrogen-bond donors (Lipinski definition) is 2. The lowest BCUT2D eigenvalue weighted by molar-refractivity contribution is 0.335. The van der Waals surface area contributed by atoms with Crippen LogP contribution in [0.15, 0.2) is 48.7 Å². The van der Waals surface area contributed by atoms with E-state index in [0.29, 0.717) is 5.82 Å². The summed E-state index contributed by atoms with van der Waals surface area (Å²) in [7, 11) is -3.05. The van der Waals surface area contributed by atoms with Crippen molar-refractivity contribution in [3.8, 4) is 5.75 Å². The summed E-state index contributed by atoms with van der Waals surface area (Å²) in [4.78, 5) is 18.5. The standard InChI is InChI=1S/C25H28N3O3P/c1-16-4-9-21-22-14-18(15-27-24(22)25(26)28-23(21)12-16)5-6-19-7-8-20(13-17(19)2)31-10-11-32(3,29)30/h4,7-9,12-15H,5-6,10-11H2,1-3H3,(H2,26,28)(H,29,30). The second-order valence-electron chi connectivity index (χ2n) is 8.47. The molecule has 166 valence electrons. The molecule has 1 unspecified atom stereocenters. The van der Waals surface area contributed by atoms with Crippen LogP contribution in [0.25, 0.3) is 21.8 Å². The average molecular weight is 449 g/mol. The van der Waals surface area contributed by atoms with Gasteiger partial charge in [0.25, 0.3) is 0 Å². The molecule has 6 nitrogen and oxygen atoms in total. The molecule has 2 aromatic heterocycles. The molecular formula is C25H28N3O3P. The van der Waals surface area contributed by atoms with Crippen molar-refractivity contribution in [2.45, 2.75) is 26.7 Å². The minimum Gasteiger partial charge on any atom is -0.493 e. The molecule has 0 aliphatic heterocycles. The van der Waals surface area contributed by atoms with Gasteiger partial charge in [-0.1, -0.05) is 18.2 Å². The van der Waals surface area contributed by atoms with E-state index in [1.165, 1.54) is 12.2 Å². The number of fused-ring (bicyclic) bond motifs is 3. The number of rotatable bonds is 7. The molecule has 2 heterocycles. The predicted molar refractivity (Wildman–Crippen MR) is 131 cm³/mol. The molecule has 0 radical (unpaired) electrons. The van der Waals surface area contributed by atoms with Crippen LogP contribution in [-0.2, 0) is 17.4 Å². The van der Waals surface area contributed by atoms with E-state index in [9.17, 15) is 9.46 Å². The Morgan fingerprint density at radius 2 is 1.88 bits per heavy atom. The molecule has 0 fully saturated rings. The van der Waals surface area contributed by atoms with Gasteiger partial charge in [0.1, 0.15) is 11.3 Å². The quantitative estimate of drug-likeness (QED) is 0.303. The fourth-order valence-electron chi connectivity index (χ4n) is 3.85. The number of nitrogen functional groups attached to an aromatic ring is 1. The molecule has 3 N–H and O–H groups in total. The summed E-state index contributed by atoms with van der Waals surface area (Å²) in [5, 5.41) is 2.09. The third kappa shape index (κ3) is 5.09. The topological polar surface area (TPSA) is 98.3 Å².